The molecule has 2 amide bonds. The van der Waals surface area contributed by atoms with Gasteiger partial charge < -0.3 is 20.1 Å². The number of nitrogens with zero attached hydrogens (tertiary/aromatic N) is 6. The van der Waals surface area contributed by atoms with E-state index in [1.54, 1.807) is 69.3 Å². The fourth-order valence-electron chi connectivity index (χ4n) is 3.89. The van der Waals surface area contributed by atoms with Crippen molar-refractivity contribution in [2.45, 2.75) is 52.9 Å². The highest BCUT2D eigenvalue weighted by Gasteiger charge is 2.22. The van der Waals surface area contributed by atoms with E-state index in [4.69, 9.17) is 16.3 Å². The number of rotatable bonds is 8. The number of halogens is 1. The molecule has 0 aliphatic heterocycles. The lowest BCUT2D eigenvalue weighted by molar-refractivity contribution is 0.0525. The van der Waals surface area contributed by atoms with Crippen molar-refractivity contribution in [2.75, 3.05) is 13.6 Å². The average Bonchev–Trinajstić information content (AvgIpc) is 3.48. The number of H-pyrrole nitrogens is 1. The van der Waals surface area contributed by atoms with Crippen molar-refractivity contribution in [3.05, 3.63) is 63.4 Å². The first-order valence-corrected chi connectivity index (χ1v) is 12.8. The molecule has 0 bridgehead atoms. The molecule has 39 heavy (non-hydrogen) atoms. The Hall–Kier alpha value is -4.19. The quantitative estimate of drug-likeness (QED) is 0.340. The van der Waals surface area contributed by atoms with Crippen LogP contribution in [-0.4, -0.2) is 65.6 Å². The van der Waals surface area contributed by atoms with Gasteiger partial charge in [0, 0.05) is 42.9 Å². The summed E-state index contributed by atoms with van der Waals surface area (Å²) in [6, 6.07) is 5.06. The number of aromatic amines is 1. The number of fused-ring (bicyclic) bond motifs is 1. The summed E-state index contributed by atoms with van der Waals surface area (Å²) in [5.41, 5.74) is 0.992. The van der Waals surface area contributed by atoms with Gasteiger partial charge in [0.1, 0.15) is 11.3 Å². The van der Waals surface area contributed by atoms with Crippen LogP contribution >= 0.6 is 11.6 Å². The second-order valence-corrected chi connectivity index (χ2v) is 10.4. The number of carbonyl (C=O) groups is 2. The highest BCUT2D eigenvalue weighted by atomic mass is 35.5. The van der Waals surface area contributed by atoms with E-state index in [1.165, 1.54) is 9.58 Å². The van der Waals surface area contributed by atoms with Gasteiger partial charge in [0.25, 0.3) is 11.5 Å². The molecule has 206 valence electrons. The molecular weight excluding hydrogens is 524 g/mol. The Morgan fingerprint density at radius 1 is 1.23 bits per heavy atom. The molecule has 2 N–H and O–H groups in total. The summed E-state index contributed by atoms with van der Waals surface area (Å²) in [7, 11) is 1.61. The minimum atomic E-state index is -0.583. The molecular formula is C26H31ClN8O4. The molecule has 0 unspecified atom stereocenters. The van der Waals surface area contributed by atoms with E-state index in [9.17, 15) is 14.4 Å². The normalized spacial score (nSPS) is 11.5. The van der Waals surface area contributed by atoms with Crippen LogP contribution < -0.4 is 10.9 Å². The minimum absolute atomic E-state index is 0.102. The molecule has 0 atom stereocenters. The van der Waals surface area contributed by atoms with Crippen molar-refractivity contribution >= 4 is 34.5 Å². The maximum Gasteiger partial charge on any atom is 0.407 e. The Morgan fingerprint density at radius 2 is 2.00 bits per heavy atom. The summed E-state index contributed by atoms with van der Waals surface area (Å²) in [6.45, 7) is 8.54. The fourth-order valence-corrected chi connectivity index (χ4v) is 4.06. The molecule has 0 aliphatic rings. The Bertz CT molecular complexity index is 1570. The lowest BCUT2D eigenvalue weighted by Crippen LogP contribution is -2.34. The summed E-state index contributed by atoms with van der Waals surface area (Å²) >= 11 is 6.23. The second-order valence-electron chi connectivity index (χ2n) is 9.99. The van der Waals surface area contributed by atoms with Gasteiger partial charge in [-0.25, -0.2) is 14.8 Å². The third kappa shape index (κ3) is 6.63. The van der Waals surface area contributed by atoms with Gasteiger partial charge in [-0.05, 0) is 45.9 Å². The number of ether oxygens (including phenoxy) is 1. The van der Waals surface area contributed by atoms with E-state index in [-0.39, 0.29) is 23.7 Å². The number of amides is 2. The molecule has 12 nitrogen and oxygen atoms in total. The van der Waals surface area contributed by atoms with Crippen molar-refractivity contribution in [2.24, 2.45) is 0 Å². The molecule has 0 radical (unpaired) electrons. The maximum atomic E-state index is 13.6. The molecule has 4 rings (SSSR count). The molecule has 0 saturated carbocycles. The zero-order valence-corrected chi connectivity index (χ0v) is 23.2. The van der Waals surface area contributed by atoms with Crippen LogP contribution in [-0.2, 0) is 24.4 Å². The number of aryl methyl sites for hydroxylation is 1. The molecule has 13 heteroatoms. The van der Waals surface area contributed by atoms with E-state index in [0.717, 1.165) is 0 Å². The molecule has 0 aliphatic carbocycles. The monoisotopic (exact) mass is 554 g/mol. The number of aromatic nitrogens is 6. The van der Waals surface area contributed by atoms with Crippen LogP contribution in [0, 0.1) is 0 Å². The first-order chi connectivity index (χ1) is 18.4. The van der Waals surface area contributed by atoms with Crippen molar-refractivity contribution in [3.8, 4) is 11.4 Å². The number of carbonyl (C=O) groups excluding carboxylic acids is 2. The highest BCUT2D eigenvalue weighted by Crippen LogP contribution is 2.25. The number of nitrogens with one attached hydrogen (secondary N) is 2. The van der Waals surface area contributed by atoms with Crippen LogP contribution in [0.1, 0.15) is 43.7 Å². The van der Waals surface area contributed by atoms with E-state index < -0.39 is 11.7 Å². The zero-order valence-electron chi connectivity index (χ0n) is 22.5. The van der Waals surface area contributed by atoms with Crippen molar-refractivity contribution < 1.29 is 14.3 Å². The van der Waals surface area contributed by atoms with E-state index in [1.807, 2.05) is 6.92 Å². The molecule has 1 aromatic carbocycles. The van der Waals surface area contributed by atoms with Crippen molar-refractivity contribution in [3.63, 3.8) is 0 Å². The summed E-state index contributed by atoms with van der Waals surface area (Å²) in [6.07, 6.45) is 4.42. The molecule has 0 fully saturated rings. The molecule has 3 heterocycles. The largest absolute Gasteiger partial charge is 0.444 e. The zero-order chi connectivity index (χ0) is 28.3. The van der Waals surface area contributed by atoms with Crippen LogP contribution in [0.2, 0.25) is 5.02 Å². The Kier molecular flexibility index (Phi) is 8.05. The summed E-state index contributed by atoms with van der Waals surface area (Å²) < 4.78 is 8.34. The van der Waals surface area contributed by atoms with Gasteiger partial charge in [-0.3, -0.25) is 19.0 Å². The average molecular weight is 555 g/mol. The number of benzene rings is 1. The molecule has 3 aromatic heterocycles. The van der Waals surface area contributed by atoms with Gasteiger partial charge in [0.15, 0.2) is 5.82 Å². The Labute approximate surface area is 229 Å². The smallest absolute Gasteiger partial charge is 0.407 e. The third-order valence-corrected chi connectivity index (χ3v) is 5.98. The summed E-state index contributed by atoms with van der Waals surface area (Å²) in [4.78, 5) is 48.6. The Balaban J connectivity index is 1.57. The number of hydrogen-bond donors (Lipinski definition) is 2. The number of alkyl carbamates (subject to hydrolysis) is 1. The first kappa shape index (κ1) is 27.8. The van der Waals surface area contributed by atoms with Crippen LogP contribution in [0.3, 0.4) is 0 Å². The summed E-state index contributed by atoms with van der Waals surface area (Å²) in [5, 5.41) is 10.9. The van der Waals surface area contributed by atoms with Crippen LogP contribution in [0.4, 0.5) is 4.79 Å². The van der Waals surface area contributed by atoms with Crippen LogP contribution in [0.5, 0.6) is 0 Å². The van der Waals surface area contributed by atoms with E-state index in [0.29, 0.717) is 52.5 Å². The van der Waals surface area contributed by atoms with Gasteiger partial charge >= 0.3 is 6.09 Å². The van der Waals surface area contributed by atoms with Crippen LogP contribution in [0.25, 0.3) is 22.3 Å². The Morgan fingerprint density at radius 3 is 2.69 bits per heavy atom. The van der Waals surface area contributed by atoms with Crippen molar-refractivity contribution in [1.82, 2.24) is 39.7 Å². The maximum absolute atomic E-state index is 13.6. The predicted molar refractivity (Wildman–Crippen MR) is 147 cm³/mol. The summed E-state index contributed by atoms with van der Waals surface area (Å²) in [5.74, 6) is -0.0774. The van der Waals surface area contributed by atoms with Gasteiger partial charge in [0.2, 0.25) is 0 Å². The fraction of sp³-hybridized carbons (Fsp3) is 0.385. The van der Waals surface area contributed by atoms with E-state index >= 15 is 0 Å². The topological polar surface area (TPSA) is 140 Å². The number of hydrogen-bond acceptors (Lipinski definition) is 7. The lowest BCUT2D eigenvalue weighted by Gasteiger charge is -2.19. The molecule has 4 aromatic rings. The van der Waals surface area contributed by atoms with Crippen LogP contribution in [0.15, 0.2) is 41.6 Å². The van der Waals surface area contributed by atoms with E-state index in [2.05, 4.69) is 25.5 Å². The standard InChI is InChI=1S/C26H31ClN8O4/c1-6-35-23(36)17(13-30-35)14-33(5)24(37)21-19-11-18(27)7-8-20(19)31-22(32-21)16-12-29-34(15-16)10-9-28-25(38)39-26(2,3)4/h7-8,11-13,15,30H,6,9-10,14H2,1-5H3,(H,28,38). The van der Waals surface area contributed by atoms with Gasteiger partial charge in [-0.15, -0.1) is 0 Å². The lowest BCUT2D eigenvalue weighted by atomic mass is 10.1. The van der Waals surface area contributed by atoms with Gasteiger partial charge in [-0.2, -0.15) is 5.10 Å². The van der Waals surface area contributed by atoms with Gasteiger partial charge in [-0.1, -0.05) is 11.6 Å². The third-order valence-electron chi connectivity index (χ3n) is 5.75. The predicted octanol–water partition coefficient (Wildman–Crippen LogP) is 3.45. The SMILES string of the molecule is CCn1[nH]cc(CN(C)C(=O)c2nc(-c3cnn(CCNC(=O)OC(C)(C)C)c3)nc3ccc(Cl)cc23)c1=O. The highest BCUT2D eigenvalue weighted by molar-refractivity contribution is 6.31. The second kappa shape index (κ2) is 11.3. The molecule has 0 spiro atoms. The first-order valence-electron chi connectivity index (χ1n) is 12.4. The van der Waals surface area contributed by atoms with Gasteiger partial charge in [0.05, 0.1) is 35.9 Å². The molecule has 0 saturated heterocycles. The van der Waals surface area contributed by atoms with Crippen molar-refractivity contribution in [1.29, 1.82) is 0 Å². The minimum Gasteiger partial charge on any atom is -0.444 e.